The van der Waals surface area contributed by atoms with Crippen LogP contribution in [-0.4, -0.2) is 28.3 Å². The number of nitrogens with zero attached hydrogens (tertiary/aromatic N) is 1. The van der Waals surface area contributed by atoms with E-state index in [0.717, 1.165) is 0 Å². The molecule has 5 heteroatoms. The Kier molecular flexibility index (Phi) is 3.88. The van der Waals surface area contributed by atoms with Crippen LogP contribution in [0.1, 0.15) is 52.3 Å². The molecule has 1 aromatic rings. The van der Waals surface area contributed by atoms with Crippen molar-refractivity contribution in [2.75, 3.05) is 0 Å². The van der Waals surface area contributed by atoms with Crippen LogP contribution in [-0.2, 0) is 9.59 Å². The van der Waals surface area contributed by atoms with Crippen LogP contribution in [0.25, 0.3) is 0 Å². The molecule has 1 aliphatic rings. The maximum Gasteiger partial charge on any atom is 0.249 e. The number of carbonyl (C=O) groups is 2. The minimum atomic E-state index is -0.830. The van der Waals surface area contributed by atoms with Crippen LogP contribution < -0.4 is 5.32 Å². The maximum atomic E-state index is 12.8. The third kappa shape index (κ3) is 2.21. The standard InChI is InChI=1S/C15H22N2O3/c1-5-11-13(18)16-15(4,6-2)14(19)17(11)10(3)12-8-7-9-20-12/h7-11H,5-6H2,1-4H3,(H,16,18). The van der Waals surface area contributed by atoms with E-state index in [9.17, 15) is 9.59 Å². The number of carbonyl (C=O) groups excluding carboxylic acids is 2. The summed E-state index contributed by atoms with van der Waals surface area (Å²) in [5.41, 5.74) is -0.830. The number of hydrogen-bond donors (Lipinski definition) is 1. The molecule has 2 amide bonds. The molecular weight excluding hydrogens is 256 g/mol. The molecule has 1 saturated heterocycles. The van der Waals surface area contributed by atoms with Gasteiger partial charge in [-0.3, -0.25) is 9.59 Å². The second-order valence-electron chi connectivity index (χ2n) is 5.50. The largest absolute Gasteiger partial charge is 0.467 e. The number of nitrogens with one attached hydrogen (secondary N) is 1. The summed E-state index contributed by atoms with van der Waals surface area (Å²) in [6.45, 7) is 7.49. The molecule has 1 N–H and O–H groups in total. The lowest BCUT2D eigenvalue weighted by atomic mass is 9.90. The summed E-state index contributed by atoms with van der Waals surface area (Å²) in [6.07, 6.45) is 2.73. The van der Waals surface area contributed by atoms with Crippen molar-refractivity contribution >= 4 is 11.8 Å². The highest BCUT2D eigenvalue weighted by Gasteiger charge is 2.48. The zero-order valence-electron chi connectivity index (χ0n) is 12.5. The third-order valence-corrected chi connectivity index (χ3v) is 4.21. The maximum absolute atomic E-state index is 12.8. The number of piperazine rings is 1. The van der Waals surface area contributed by atoms with Crippen LogP contribution >= 0.6 is 0 Å². The van der Waals surface area contributed by atoms with Gasteiger partial charge in [-0.15, -0.1) is 0 Å². The molecule has 0 bridgehead atoms. The quantitative estimate of drug-likeness (QED) is 0.918. The second-order valence-corrected chi connectivity index (χ2v) is 5.50. The van der Waals surface area contributed by atoms with E-state index in [-0.39, 0.29) is 17.9 Å². The van der Waals surface area contributed by atoms with E-state index in [2.05, 4.69) is 5.32 Å². The molecule has 5 nitrogen and oxygen atoms in total. The first kappa shape index (κ1) is 14.6. The van der Waals surface area contributed by atoms with Crippen LogP contribution in [0.2, 0.25) is 0 Å². The van der Waals surface area contributed by atoms with E-state index in [0.29, 0.717) is 18.6 Å². The van der Waals surface area contributed by atoms with Gasteiger partial charge in [0.1, 0.15) is 17.3 Å². The van der Waals surface area contributed by atoms with Crippen molar-refractivity contribution in [2.24, 2.45) is 0 Å². The van der Waals surface area contributed by atoms with E-state index >= 15 is 0 Å². The summed E-state index contributed by atoms with van der Waals surface area (Å²) in [5.74, 6) is 0.565. The van der Waals surface area contributed by atoms with E-state index < -0.39 is 11.6 Å². The average molecular weight is 278 g/mol. The molecule has 1 aliphatic heterocycles. The van der Waals surface area contributed by atoms with Crippen molar-refractivity contribution in [1.82, 2.24) is 10.2 Å². The zero-order chi connectivity index (χ0) is 14.9. The number of rotatable bonds is 4. The molecule has 2 rings (SSSR count). The Balaban J connectivity index is 2.39. The van der Waals surface area contributed by atoms with Gasteiger partial charge in [0.15, 0.2) is 0 Å². The first-order valence-corrected chi connectivity index (χ1v) is 7.12. The molecule has 0 aliphatic carbocycles. The predicted octanol–water partition coefficient (Wildman–Crippen LogP) is 2.25. The van der Waals surface area contributed by atoms with Gasteiger partial charge in [-0.05, 0) is 38.8 Å². The normalized spacial score (nSPS) is 28.4. The van der Waals surface area contributed by atoms with Crippen LogP contribution in [0.3, 0.4) is 0 Å². The lowest BCUT2D eigenvalue weighted by Crippen LogP contribution is -2.69. The Hall–Kier alpha value is -1.78. The molecule has 110 valence electrons. The highest BCUT2D eigenvalue weighted by Crippen LogP contribution is 2.31. The van der Waals surface area contributed by atoms with Crippen molar-refractivity contribution in [3.8, 4) is 0 Å². The van der Waals surface area contributed by atoms with Gasteiger partial charge in [0.25, 0.3) is 0 Å². The highest BCUT2D eigenvalue weighted by molar-refractivity contribution is 5.99. The summed E-state index contributed by atoms with van der Waals surface area (Å²) in [6, 6.07) is 2.93. The van der Waals surface area contributed by atoms with E-state index in [4.69, 9.17) is 4.42 Å². The minimum Gasteiger partial charge on any atom is -0.467 e. The van der Waals surface area contributed by atoms with E-state index in [1.54, 1.807) is 24.2 Å². The van der Waals surface area contributed by atoms with E-state index in [1.165, 1.54) is 0 Å². The lowest BCUT2D eigenvalue weighted by molar-refractivity contribution is -0.157. The fourth-order valence-electron chi connectivity index (χ4n) is 2.70. The molecule has 3 atom stereocenters. The third-order valence-electron chi connectivity index (χ3n) is 4.21. The Labute approximate surface area is 119 Å². The number of hydrogen-bond acceptors (Lipinski definition) is 3. The molecule has 2 heterocycles. The van der Waals surface area contributed by atoms with Gasteiger partial charge in [0, 0.05) is 0 Å². The number of amides is 2. The first-order valence-electron chi connectivity index (χ1n) is 7.12. The molecule has 1 fully saturated rings. The SMILES string of the molecule is CCC1C(=O)NC(C)(CC)C(=O)N1C(C)c1ccco1. The zero-order valence-corrected chi connectivity index (χ0v) is 12.5. The monoisotopic (exact) mass is 278 g/mol. The van der Waals surface area contributed by atoms with Crippen LogP contribution in [0.15, 0.2) is 22.8 Å². The van der Waals surface area contributed by atoms with Crippen molar-refractivity contribution in [1.29, 1.82) is 0 Å². The van der Waals surface area contributed by atoms with Gasteiger partial charge in [-0.2, -0.15) is 0 Å². The molecular formula is C15H22N2O3. The summed E-state index contributed by atoms with van der Waals surface area (Å²) >= 11 is 0. The van der Waals surface area contributed by atoms with Crippen LogP contribution in [0.5, 0.6) is 0 Å². The fourth-order valence-corrected chi connectivity index (χ4v) is 2.70. The second kappa shape index (κ2) is 5.31. The summed E-state index contributed by atoms with van der Waals surface area (Å²) < 4.78 is 5.40. The van der Waals surface area contributed by atoms with Crippen LogP contribution in [0.4, 0.5) is 0 Å². The van der Waals surface area contributed by atoms with Crippen molar-refractivity contribution in [2.45, 2.75) is 58.2 Å². The summed E-state index contributed by atoms with van der Waals surface area (Å²) in [5, 5.41) is 2.86. The molecule has 0 radical (unpaired) electrons. The Morgan fingerprint density at radius 1 is 1.45 bits per heavy atom. The lowest BCUT2D eigenvalue weighted by Gasteiger charge is -2.46. The molecule has 0 aromatic carbocycles. The Morgan fingerprint density at radius 2 is 2.15 bits per heavy atom. The highest BCUT2D eigenvalue weighted by atomic mass is 16.3. The molecule has 0 spiro atoms. The van der Waals surface area contributed by atoms with Gasteiger partial charge in [-0.1, -0.05) is 13.8 Å². The molecule has 3 unspecified atom stereocenters. The van der Waals surface area contributed by atoms with Gasteiger partial charge in [0.05, 0.1) is 12.3 Å². The molecule has 0 saturated carbocycles. The van der Waals surface area contributed by atoms with Crippen LogP contribution in [0, 0.1) is 0 Å². The Bertz CT molecular complexity index is 497. The van der Waals surface area contributed by atoms with Crippen molar-refractivity contribution in [3.63, 3.8) is 0 Å². The van der Waals surface area contributed by atoms with Gasteiger partial charge in [0.2, 0.25) is 11.8 Å². The average Bonchev–Trinajstić information content (AvgIpc) is 2.95. The predicted molar refractivity (Wildman–Crippen MR) is 74.9 cm³/mol. The van der Waals surface area contributed by atoms with Gasteiger partial charge < -0.3 is 14.6 Å². The summed E-state index contributed by atoms with van der Waals surface area (Å²) in [7, 11) is 0. The smallest absolute Gasteiger partial charge is 0.249 e. The van der Waals surface area contributed by atoms with Gasteiger partial charge in [-0.25, -0.2) is 0 Å². The minimum absolute atomic E-state index is 0.0460. The number of furan rings is 1. The first-order chi connectivity index (χ1) is 9.44. The van der Waals surface area contributed by atoms with Crippen molar-refractivity contribution in [3.05, 3.63) is 24.2 Å². The van der Waals surface area contributed by atoms with Gasteiger partial charge >= 0.3 is 0 Å². The van der Waals surface area contributed by atoms with Crippen molar-refractivity contribution < 1.29 is 14.0 Å². The molecule has 20 heavy (non-hydrogen) atoms. The summed E-state index contributed by atoms with van der Waals surface area (Å²) in [4.78, 5) is 26.8. The van der Waals surface area contributed by atoms with E-state index in [1.807, 2.05) is 26.8 Å². The Morgan fingerprint density at radius 3 is 2.65 bits per heavy atom. The fraction of sp³-hybridized carbons (Fsp3) is 0.600. The topological polar surface area (TPSA) is 62.6 Å². The molecule has 1 aromatic heterocycles.